The highest BCUT2D eigenvalue weighted by molar-refractivity contribution is 7.13. The second-order valence-corrected chi connectivity index (χ2v) is 5.81. The van der Waals surface area contributed by atoms with Crippen LogP contribution >= 0.6 is 11.3 Å². The number of hydrogen-bond donors (Lipinski definition) is 3. The Hall–Kier alpha value is -2.58. The highest BCUT2D eigenvalue weighted by atomic mass is 32.1. The number of hydrogen-bond acceptors (Lipinski definition) is 5. The lowest BCUT2D eigenvalue weighted by atomic mass is 10.2. The number of amides is 2. The minimum Gasteiger partial charge on any atom is -0.394 e. The predicted octanol–water partition coefficient (Wildman–Crippen LogP) is 0.863. The molecule has 6 nitrogen and oxygen atoms in total. The van der Waals surface area contributed by atoms with E-state index in [0.29, 0.717) is 5.56 Å². The Labute approximate surface area is 141 Å². The van der Waals surface area contributed by atoms with Crippen LogP contribution < -0.4 is 10.6 Å². The molecule has 24 heavy (non-hydrogen) atoms. The standard InChI is InChI=1S/C16H15FN2O4S/c17-11-5-3-10(4-6-11)8-18-15(22)12(9-20)19-16(23)14(21)13-2-1-7-24-13/h1-7,12,20H,8-9H2,(H,18,22)(H,19,23). The summed E-state index contributed by atoms with van der Waals surface area (Å²) in [5.41, 5.74) is 0.655. The topological polar surface area (TPSA) is 95.5 Å². The molecule has 1 aromatic carbocycles. The quantitative estimate of drug-likeness (QED) is 0.510. The number of carbonyl (C=O) groups excluding carboxylic acids is 3. The smallest absolute Gasteiger partial charge is 0.293 e. The molecule has 3 N–H and O–H groups in total. The number of thiophene rings is 1. The van der Waals surface area contributed by atoms with Crippen molar-refractivity contribution in [3.8, 4) is 0 Å². The van der Waals surface area contributed by atoms with Crippen LogP contribution in [0.2, 0.25) is 0 Å². The highest BCUT2D eigenvalue weighted by Crippen LogP contribution is 2.09. The lowest BCUT2D eigenvalue weighted by molar-refractivity contribution is -0.128. The number of nitrogens with one attached hydrogen (secondary N) is 2. The van der Waals surface area contributed by atoms with E-state index in [0.717, 1.165) is 11.3 Å². The lowest BCUT2D eigenvalue weighted by Gasteiger charge is -2.15. The zero-order valence-corrected chi connectivity index (χ0v) is 13.3. The molecule has 126 valence electrons. The Morgan fingerprint density at radius 1 is 1.17 bits per heavy atom. The van der Waals surface area contributed by atoms with Crippen molar-refractivity contribution in [3.05, 3.63) is 58.0 Å². The van der Waals surface area contributed by atoms with Gasteiger partial charge in [-0.25, -0.2) is 4.39 Å². The monoisotopic (exact) mass is 350 g/mol. The second kappa shape index (κ2) is 8.32. The van der Waals surface area contributed by atoms with Gasteiger partial charge in [-0.05, 0) is 29.1 Å². The predicted molar refractivity (Wildman–Crippen MR) is 85.9 cm³/mol. The van der Waals surface area contributed by atoms with Crippen molar-refractivity contribution in [1.82, 2.24) is 10.6 Å². The van der Waals surface area contributed by atoms with E-state index in [1.807, 2.05) is 0 Å². The van der Waals surface area contributed by atoms with Gasteiger partial charge >= 0.3 is 0 Å². The van der Waals surface area contributed by atoms with Crippen LogP contribution in [0.3, 0.4) is 0 Å². The van der Waals surface area contributed by atoms with Crippen LogP contribution in [-0.4, -0.2) is 35.4 Å². The molecule has 2 rings (SSSR count). The number of benzene rings is 1. The zero-order valence-electron chi connectivity index (χ0n) is 12.5. The van der Waals surface area contributed by atoms with Gasteiger partial charge < -0.3 is 15.7 Å². The molecule has 1 unspecified atom stereocenters. The molecular formula is C16H15FN2O4S. The molecule has 0 radical (unpaired) electrons. The fourth-order valence-corrected chi connectivity index (χ4v) is 2.51. The first kappa shape index (κ1) is 17.8. The average Bonchev–Trinajstić information content (AvgIpc) is 3.12. The van der Waals surface area contributed by atoms with Crippen molar-refractivity contribution >= 4 is 28.9 Å². The summed E-state index contributed by atoms with van der Waals surface area (Å²) in [6.07, 6.45) is 0. The van der Waals surface area contributed by atoms with Crippen LogP contribution in [0, 0.1) is 5.82 Å². The first-order valence-corrected chi connectivity index (χ1v) is 7.91. The first-order chi connectivity index (χ1) is 11.5. The van der Waals surface area contributed by atoms with E-state index in [1.54, 1.807) is 11.4 Å². The van der Waals surface area contributed by atoms with Crippen molar-refractivity contribution in [2.75, 3.05) is 6.61 Å². The molecule has 1 atom stereocenters. The van der Waals surface area contributed by atoms with Crippen LogP contribution in [0.15, 0.2) is 41.8 Å². The third-order valence-electron chi connectivity index (χ3n) is 3.14. The molecule has 1 heterocycles. The number of aliphatic hydroxyl groups is 1. The third-order valence-corrected chi connectivity index (χ3v) is 4.00. The lowest BCUT2D eigenvalue weighted by Crippen LogP contribution is -2.50. The molecule has 0 fully saturated rings. The summed E-state index contributed by atoms with van der Waals surface area (Å²) in [5, 5.41) is 15.6. The maximum absolute atomic E-state index is 12.8. The molecule has 8 heteroatoms. The van der Waals surface area contributed by atoms with Crippen molar-refractivity contribution in [2.45, 2.75) is 12.6 Å². The number of halogens is 1. The minimum atomic E-state index is -1.25. The number of aliphatic hydroxyl groups excluding tert-OH is 1. The van der Waals surface area contributed by atoms with Crippen LogP contribution in [-0.2, 0) is 16.1 Å². The summed E-state index contributed by atoms with van der Waals surface area (Å²) in [5.74, 6) is -2.77. The number of rotatable bonds is 7. The molecule has 0 saturated carbocycles. The first-order valence-electron chi connectivity index (χ1n) is 7.03. The summed E-state index contributed by atoms with van der Waals surface area (Å²) in [6.45, 7) is -0.553. The summed E-state index contributed by atoms with van der Waals surface area (Å²) in [7, 11) is 0. The summed E-state index contributed by atoms with van der Waals surface area (Å²) in [6, 6.07) is 7.39. The zero-order chi connectivity index (χ0) is 17.5. The molecule has 0 saturated heterocycles. The number of ketones is 1. The van der Waals surface area contributed by atoms with E-state index >= 15 is 0 Å². The molecule has 0 spiro atoms. The third kappa shape index (κ3) is 4.71. The summed E-state index contributed by atoms with van der Waals surface area (Å²) < 4.78 is 12.8. The number of Topliss-reactive ketones (excluding diaryl/α,β-unsaturated/α-hetero) is 1. The molecule has 1 aromatic heterocycles. The second-order valence-electron chi connectivity index (χ2n) is 4.86. The van der Waals surface area contributed by atoms with Gasteiger partial charge in [0.15, 0.2) is 0 Å². The Morgan fingerprint density at radius 3 is 2.46 bits per heavy atom. The van der Waals surface area contributed by atoms with Gasteiger partial charge in [0.1, 0.15) is 11.9 Å². The maximum Gasteiger partial charge on any atom is 0.293 e. The molecule has 0 aliphatic heterocycles. The maximum atomic E-state index is 12.8. The van der Waals surface area contributed by atoms with Gasteiger partial charge in [0.2, 0.25) is 5.91 Å². The molecule has 0 bridgehead atoms. The summed E-state index contributed by atoms with van der Waals surface area (Å²) in [4.78, 5) is 35.9. The van der Waals surface area contributed by atoms with Crippen LogP contribution in [0.5, 0.6) is 0 Å². The molecule has 0 aliphatic carbocycles. The van der Waals surface area contributed by atoms with Gasteiger partial charge in [-0.3, -0.25) is 14.4 Å². The van der Waals surface area contributed by atoms with E-state index in [1.165, 1.54) is 30.3 Å². The van der Waals surface area contributed by atoms with Gasteiger partial charge in [-0.1, -0.05) is 18.2 Å². The number of carbonyl (C=O) groups is 3. The van der Waals surface area contributed by atoms with Crippen LogP contribution in [0.25, 0.3) is 0 Å². The Bertz CT molecular complexity index is 716. The van der Waals surface area contributed by atoms with Gasteiger partial charge in [-0.2, -0.15) is 0 Å². The normalized spacial score (nSPS) is 11.6. The average molecular weight is 350 g/mol. The molecule has 2 aromatic rings. The summed E-state index contributed by atoms with van der Waals surface area (Å²) >= 11 is 1.11. The largest absolute Gasteiger partial charge is 0.394 e. The Morgan fingerprint density at radius 2 is 1.88 bits per heavy atom. The van der Waals surface area contributed by atoms with Gasteiger partial charge in [0, 0.05) is 6.54 Å². The Kier molecular flexibility index (Phi) is 6.16. The minimum absolute atomic E-state index is 0.102. The SMILES string of the molecule is O=C(NC(CO)C(=O)NCc1ccc(F)cc1)C(=O)c1cccs1. The van der Waals surface area contributed by atoms with Gasteiger partial charge in [0.25, 0.3) is 11.7 Å². The van der Waals surface area contributed by atoms with Crippen molar-refractivity contribution < 1.29 is 23.9 Å². The van der Waals surface area contributed by atoms with E-state index in [-0.39, 0.29) is 11.4 Å². The van der Waals surface area contributed by atoms with Crippen LogP contribution in [0.1, 0.15) is 15.2 Å². The molecule has 2 amide bonds. The van der Waals surface area contributed by atoms with Crippen molar-refractivity contribution in [1.29, 1.82) is 0 Å². The van der Waals surface area contributed by atoms with E-state index in [9.17, 15) is 23.9 Å². The fraction of sp³-hybridized carbons (Fsp3) is 0.188. The van der Waals surface area contributed by atoms with Crippen LogP contribution in [0.4, 0.5) is 4.39 Å². The van der Waals surface area contributed by atoms with Gasteiger partial charge in [0.05, 0.1) is 11.5 Å². The molecule has 0 aliphatic rings. The Balaban J connectivity index is 1.90. The van der Waals surface area contributed by atoms with Crippen molar-refractivity contribution in [3.63, 3.8) is 0 Å². The van der Waals surface area contributed by atoms with E-state index in [4.69, 9.17) is 0 Å². The van der Waals surface area contributed by atoms with Gasteiger partial charge in [-0.15, -0.1) is 11.3 Å². The van der Waals surface area contributed by atoms with Crippen molar-refractivity contribution in [2.24, 2.45) is 0 Å². The molecular weight excluding hydrogens is 335 g/mol. The van der Waals surface area contributed by atoms with E-state index < -0.39 is 36.1 Å². The fourth-order valence-electron chi connectivity index (χ4n) is 1.85. The van der Waals surface area contributed by atoms with E-state index in [2.05, 4.69) is 10.6 Å². The highest BCUT2D eigenvalue weighted by Gasteiger charge is 2.24.